The minimum atomic E-state index is -0.262. The molecule has 0 atom stereocenters. The van der Waals surface area contributed by atoms with E-state index in [-0.39, 0.29) is 5.82 Å². The maximum Gasteiger partial charge on any atom is 0.158 e. The molecule has 3 aromatic rings. The van der Waals surface area contributed by atoms with Gasteiger partial charge in [0.2, 0.25) is 0 Å². The molecule has 2 aromatic heterocycles. The highest BCUT2D eigenvalue weighted by atomic mass is 19.1. The van der Waals surface area contributed by atoms with Crippen molar-refractivity contribution in [3.63, 3.8) is 0 Å². The summed E-state index contributed by atoms with van der Waals surface area (Å²) in [7, 11) is 0. The third-order valence-corrected chi connectivity index (χ3v) is 3.15. The van der Waals surface area contributed by atoms with Gasteiger partial charge < -0.3 is 11.1 Å². The zero-order valence-electron chi connectivity index (χ0n) is 11.7. The summed E-state index contributed by atoms with van der Waals surface area (Å²) in [6.07, 6.45) is 0. The third-order valence-electron chi connectivity index (χ3n) is 3.15. The highest BCUT2D eigenvalue weighted by Crippen LogP contribution is 2.22. The molecule has 21 heavy (non-hydrogen) atoms. The van der Waals surface area contributed by atoms with Gasteiger partial charge in [-0.1, -0.05) is 0 Å². The second-order valence-corrected chi connectivity index (χ2v) is 4.80. The monoisotopic (exact) mass is 285 g/mol. The number of benzene rings is 1. The van der Waals surface area contributed by atoms with Crippen molar-refractivity contribution in [3.05, 3.63) is 47.9 Å². The molecule has 0 spiro atoms. The second-order valence-electron chi connectivity index (χ2n) is 4.80. The van der Waals surface area contributed by atoms with Crippen molar-refractivity contribution in [2.45, 2.75) is 6.92 Å². The Kier molecular flexibility index (Phi) is 3.53. The Morgan fingerprint density at radius 2 is 2.00 bits per heavy atom. The largest absolute Gasteiger partial charge is 0.369 e. The topological polar surface area (TPSA) is 68.2 Å². The molecule has 5 nitrogen and oxygen atoms in total. The van der Waals surface area contributed by atoms with Crippen LogP contribution in [0.3, 0.4) is 0 Å². The van der Waals surface area contributed by atoms with Gasteiger partial charge in [-0.15, -0.1) is 0 Å². The van der Waals surface area contributed by atoms with Crippen LogP contribution in [0.15, 0.2) is 36.4 Å². The van der Waals surface area contributed by atoms with E-state index in [1.807, 2.05) is 19.1 Å². The van der Waals surface area contributed by atoms with E-state index in [1.54, 1.807) is 16.6 Å². The molecule has 0 aliphatic rings. The maximum absolute atomic E-state index is 13.0. The first-order valence-electron chi connectivity index (χ1n) is 6.74. The normalized spacial score (nSPS) is 11.0. The van der Waals surface area contributed by atoms with Gasteiger partial charge in [0, 0.05) is 36.5 Å². The second kappa shape index (κ2) is 5.49. The van der Waals surface area contributed by atoms with Crippen molar-refractivity contribution in [1.29, 1.82) is 0 Å². The van der Waals surface area contributed by atoms with Gasteiger partial charge in [0.1, 0.15) is 11.6 Å². The molecule has 0 aliphatic carbocycles. The van der Waals surface area contributed by atoms with Crippen molar-refractivity contribution >= 4 is 11.5 Å². The molecule has 0 fully saturated rings. The molecule has 0 bridgehead atoms. The highest BCUT2D eigenvalue weighted by molar-refractivity contribution is 5.65. The lowest BCUT2D eigenvalue weighted by Crippen LogP contribution is -2.15. The van der Waals surface area contributed by atoms with Crippen LogP contribution < -0.4 is 11.1 Å². The summed E-state index contributed by atoms with van der Waals surface area (Å²) < 4.78 is 14.7. The van der Waals surface area contributed by atoms with E-state index >= 15 is 0 Å². The summed E-state index contributed by atoms with van der Waals surface area (Å²) in [4.78, 5) is 4.46. The van der Waals surface area contributed by atoms with E-state index in [0.29, 0.717) is 13.1 Å². The number of nitrogens with two attached hydrogens (primary N) is 1. The van der Waals surface area contributed by atoms with Crippen LogP contribution in [-0.2, 0) is 0 Å². The molecule has 3 rings (SSSR count). The van der Waals surface area contributed by atoms with Gasteiger partial charge in [-0.3, -0.25) is 0 Å². The van der Waals surface area contributed by atoms with Gasteiger partial charge in [-0.05, 0) is 31.2 Å². The van der Waals surface area contributed by atoms with Gasteiger partial charge >= 0.3 is 0 Å². The number of aryl methyl sites for hydroxylation is 1. The Bertz CT molecular complexity index is 764. The van der Waals surface area contributed by atoms with Crippen molar-refractivity contribution in [2.75, 3.05) is 18.4 Å². The standard InChI is InChI=1S/C15H16FN5/c1-10-8-14(18-7-6-17)21-15(19-10)9-13(20-21)11-2-4-12(16)5-3-11/h2-5,8-9,18H,6-7,17H2,1H3. The van der Waals surface area contributed by atoms with Crippen molar-refractivity contribution in [3.8, 4) is 11.3 Å². The SMILES string of the molecule is Cc1cc(NCCN)n2nc(-c3ccc(F)cc3)cc2n1. The number of rotatable bonds is 4. The number of aromatic nitrogens is 3. The van der Waals surface area contributed by atoms with Crippen LogP contribution >= 0.6 is 0 Å². The van der Waals surface area contributed by atoms with Crippen molar-refractivity contribution < 1.29 is 4.39 Å². The Morgan fingerprint density at radius 1 is 1.24 bits per heavy atom. The third kappa shape index (κ3) is 2.71. The molecule has 3 N–H and O–H groups in total. The molecule has 0 radical (unpaired) electrons. The summed E-state index contributed by atoms with van der Waals surface area (Å²) >= 11 is 0. The molecule has 0 saturated carbocycles. The van der Waals surface area contributed by atoms with Gasteiger partial charge in [0.05, 0.1) is 5.69 Å². The number of nitrogens with one attached hydrogen (secondary N) is 1. The van der Waals surface area contributed by atoms with Crippen LogP contribution in [0.4, 0.5) is 10.2 Å². The van der Waals surface area contributed by atoms with Crippen LogP contribution in [0.25, 0.3) is 16.9 Å². The first kappa shape index (κ1) is 13.5. The van der Waals surface area contributed by atoms with Crippen molar-refractivity contribution in [2.24, 2.45) is 5.73 Å². The molecular weight excluding hydrogens is 269 g/mol. The molecule has 0 saturated heterocycles. The van der Waals surface area contributed by atoms with E-state index in [9.17, 15) is 4.39 Å². The summed E-state index contributed by atoms with van der Waals surface area (Å²) in [5.74, 6) is 0.582. The van der Waals surface area contributed by atoms with E-state index in [1.165, 1.54) is 12.1 Å². The highest BCUT2D eigenvalue weighted by Gasteiger charge is 2.09. The average molecular weight is 285 g/mol. The summed E-state index contributed by atoms with van der Waals surface area (Å²) in [5, 5.41) is 7.76. The molecule has 2 heterocycles. The minimum absolute atomic E-state index is 0.262. The zero-order chi connectivity index (χ0) is 14.8. The first-order valence-corrected chi connectivity index (χ1v) is 6.74. The Hall–Kier alpha value is -2.47. The van der Waals surface area contributed by atoms with Gasteiger partial charge in [-0.25, -0.2) is 9.37 Å². The number of fused-ring (bicyclic) bond motifs is 1. The molecular formula is C15H16FN5. The number of halogens is 1. The lowest BCUT2D eigenvalue weighted by atomic mass is 10.1. The number of nitrogens with zero attached hydrogens (tertiary/aromatic N) is 3. The lowest BCUT2D eigenvalue weighted by molar-refractivity contribution is 0.628. The smallest absolute Gasteiger partial charge is 0.158 e. The summed E-state index contributed by atoms with van der Waals surface area (Å²) in [6, 6.07) is 10.1. The molecule has 6 heteroatoms. The van der Waals surface area contributed by atoms with E-state index in [2.05, 4.69) is 15.4 Å². The van der Waals surface area contributed by atoms with Gasteiger partial charge in [0.15, 0.2) is 5.65 Å². The zero-order valence-corrected chi connectivity index (χ0v) is 11.7. The van der Waals surface area contributed by atoms with E-state index < -0.39 is 0 Å². The van der Waals surface area contributed by atoms with Crippen LogP contribution in [0.5, 0.6) is 0 Å². The fraction of sp³-hybridized carbons (Fsp3) is 0.200. The van der Waals surface area contributed by atoms with Gasteiger partial charge in [-0.2, -0.15) is 9.61 Å². The first-order chi connectivity index (χ1) is 10.2. The predicted molar refractivity (Wildman–Crippen MR) is 80.7 cm³/mol. The summed E-state index contributed by atoms with van der Waals surface area (Å²) in [6.45, 7) is 3.12. The van der Waals surface area contributed by atoms with E-state index in [4.69, 9.17) is 5.73 Å². The Morgan fingerprint density at radius 3 is 2.71 bits per heavy atom. The molecule has 0 aliphatic heterocycles. The quantitative estimate of drug-likeness (QED) is 0.771. The van der Waals surface area contributed by atoms with Crippen molar-refractivity contribution in [1.82, 2.24) is 14.6 Å². The maximum atomic E-state index is 13.0. The van der Waals surface area contributed by atoms with Crippen LogP contribution in [0, 0.1) is 12.7 Å². The van der Waals surface area contributed by atoms with Crippen LogP contribution in [0.1, 0.15) is 5.69 Å². The average Bonchev–Trinajstić information content (AvgIpc) is 2.89. The van der Waals surface area contributed by atoms with Crippen LogP contribution in [0.2, 0.25) is 0 Å². The molecule has 1 aromatic carbocycles. The molecule has 0 amide bonds. The number of anilines is 1. The lowest BCUT2D eigenvalue weighted by Gasteiger charge is -2.07. The fourth-order valence-electron chi connectivity index (χ4n) is 2.19. The predicted octanol–water partition coefficient (Wildman–Crippen LogP) is 2.21. The van der Waals surface area contributed by atoms with E-state index in [0.717, 1.165) is 28.4 Å². The Labute approximate surface area is 121 Å². The molecule has 0 unspecified atom stereocenters. The number of hydrogen-bond donors (Lipinski definition) is 2. The number of hydrogen-bond acceptors (Lipinski definition) is 4. The Balaban J connectivity index is 2.08. The molecule has 108 valence electrons. The minimum Gasteiger partial charge on any atom is -0.369 e. The fourth-order valence-corrected chi connectivity index (χ4v) is 2.19. The van der Waals surface area contributed by atoms with Crippen LogP contribution in [-0.4, -0.2) is 27.7 Å². The van der Waals surface area contributed by atoms with Gasteiger partial charge in [0.25, 0.3) is 0 Å². The summed E-state index contributed by atoms with van der Waals surface area (Å²) in [5.41, 5.74) is 8.77.